The van der Waals surface area contributed by atoms with E-state index in [0.717, 1.165) is 21.0 Å². The van der Waals surface area contributed by atoms with Crippen LogP contribution >= 0.6 is 11.8 Å². The Kier molecular flexibility index (Phi) is 3.33. The summed E-state index contributed by atoms with van der Waals surface area (Å²) in [6.45, 7) is 0. The van der Waals surface area contributed by atoms with Gasteiger partial charge in [0.15, 0.2) is 5.03 Å². The van der Waals surface area contributed by atoms with E-state index in [1.165, 1.54) is 20.2 Å². The number of hydrogen-bond acceptors (Lipinski definition) is 4. The predicted molar refractivity (Wildman–Crippen MR) is 65.2 cm³/mol. The molecule has 0 aliphatic rings. The largest absolute Gasteiger partial charge is 0.346 e. The molecule has 0 saturated carbocycles. The van der Waals surface area contributed by atoms with E-state index in [1.54, 1.807) is 18.2 Å². The first kappa shape index (κ1) is 12.6. The highest BCUT2D eigenvalue weighted by Crippen LogP contribution is 2.25. The molecule has 0 aliphatic heterocycles. The molecule has 0 fully saturated rings. The summed E-state index contributed by atoms with van der Waals surface area (Å²) < 4.78 is 15.4. The minimum absolute atomic E-state index is 0.0599. The van der Waals surface area contributed by atoms with E-state index in [9.17, 15) is 14.0 Å². The molecule has 7 heteroatoms. The van der Waals surface area contributed by atoms with Gasteiger partial charge in [0.2, 0.25) is 0 Å². The Bertz CT molecular complexity index is 708. The number of aromatic nitrogens is 3. The molecule has 0 aliphatic carbocycles. The Balaban J connectivity index is 2.52. The Labute approximate surface area is 106 Å². The SMILES string of the molecule is Cn1nc(Sc2ccccc2F)c(=O)n(C)c1=O. The number of rotatable bonds is 2. The summed E-state index contributed by atoms with van der Waals surface area (Å²) in [5.41, 5.74) is -1.05. The lowest BCUT2D eigenvalue weighted by Gasteiger charge is -2.05. The van der Waals surface area contributed by atoms with Gasteiger partial charge in [0, 0.05) is 19.0 Å². The summed E-state index contributed by atoms with van der Waals surface area (Å²) in [6.07, 6.45) is 0. The van der Waals surface area contributed by atoms with E-state index < -0.39 is 17.1 Å². The van der Waals surface area contributed by atoms with Crippen LogP contribution in [0.4, 0.5) is 4.39 Å². The van der Waals surface area contributed by atoms with Gasteiger partial charge < -0.3 is 0 Å². The topological polar surface area (TPSA) is 56.9 Å². The highest BCUT2D eigenvalue weighted by Gasteiger charge is 2.12. The van der Waals surface area contributed by atoms with Crippen molar-refractivity contribution < 1.29 is 4.39 Å². The molecule has 0 spiro atoms. The number of benzene rings is 1. The normalized spacial score (nSPS) is 10.6. The molecule has 0 amide bonds. The molecule has 0 radical (unpaired) electrons. The van der Waals surface area contributed by atoms with E-state index in [2.05, 4.69) is 5.10 Å². The van der Waals surface area contributed by atoms with Crippen molar-refractivity contribution in [3.63, 3.8) is 0 Å². The predicted octanol–water partition coefficient (Wildman–Crippen LogP) is 0.769. The lowest BCUT2D eigenvalue weighted by atomic mass is 10.3. The molecule has 2 aromatic rings. The van der Waals surface area contributed by atoms with Crippen LogP contribution in [0.3, 0.4) is 0 Å². The van der Waals surface area contributed by atoms with E-state index >= 15 is 0 Å². The van der Waals surface area contributed by atoms with Crippen LogP contribution in [0.15, 0.2) is 43.8 Å². The van der Waals surface area contributed by atoms with Crippen LogP contribution in [0.1, 0.15) is 0 Å². The third-order valence-electron chi connectivity index (χ3n) is 2.34. The second-order valence-corrected chi connectivity index (χ2v) is 4.64. The molecule has 18 heavy (non-hydrogen) atoms. The highest BCUT2D eigenvalue weighted by atomic mass is 32.2. The zero-order chi connectivity index (χ0) is 13.3. The molecule has 0 N–H and O–H groups in total. The number of halogens is 1. The monoisotopic (exact) mass is 267 g/mol. The third kappa shape index (κ3) is 2.21. The van der Waals surface area contributed by atoms with Crippen molar-refractivity contribution in [2.75, 3.05) is 0 Å². The second kappa shape index (κ2) is 4.77. The van der Waals surface area contributed by atoms with Crippen LogP contribution < -0.4 is 11.2 Å². The van der Waals surface area contributed by atoms with E-state index in [1.807, 2.05) is 0 Å². The Hall–Kier alpha value is -1.89. The van der Waals surface area contributed by atoms with Crippen molar-refractivity contribution in [3.05, 3.63) is 50.9 Å². The van der Waals surface area contributed by atoms with Crippen molar-refractivity contribution in [1.29, 1.82) is 0 Å². The van der Waals surface area contributed by atoms with E-state index in [-0.39, 0.29) is 5.03 Å². The average Bonchev–Trinajstić information content (AvgIpc) is 2.36. The van der Waals surface area contributed by atoms with Crippen LogP contribution in [-0.2, 0) is 14.1 Å². The first-order chi connectivity index (χ1) is 8.50. The Morgan fingerprint density at radius 3 is 2.56 bits per heavy atom. The Morgan fingerprint density at radius 2 is 1.89 bits per heavy atom. The van der Waals surface area contributed by atoms with Crippen molar-refractivity contribution in [3.8, 4) is 0 Å². The summed E-state index contributed by atoms with van der Waals surface area (Å²) in [7, 11) is 2.80. The van der Waals surface area contributed by atoms with Crippen molar-refractivity contribution in [1.82, 2.24) is 14.3 Å². The minimum Gasteiger partial charge on any atom is -0.266 e. The lowest BCUT2D eigenvalue weighted by molar-refractivity contribution is 0.560. The quantitative estimate of drug-likeness (QED) is 0.806. The summed E-state index contributed by atoms with van der Waals surface area (Å²) in [5.74, 6) is -0.430. The minimum atomic E-state index is -0.536. The van der Waals surface area contributed by atoms with Gasteiger partial charge in [-0.2, -0.15) is 5.10 Å². The number of nitrogens with zero attached hydrogens (tertiary/aromatic N) is 3. The third-order valence-corrected chi connectivity index (χ3v) is 3.34. The molecule has 0 atom stereocenters. The fourth-order valence-corrected chi connectivity index (χ4v) is 2.27. The fourth-order valence-electron chi connectivity index (χ4n) is 1.36. The van der Waals surface area contributed by atoms with Crippen LogP contribution in [0.2, 0.25) is 0 Å². The van der Waals surface area contributed by atoms with Crippen molar-refractivity contribution >= 4 is 11.8 Å². The van der Waals surface area contributed by atoms with E-state index in [0.29, 0.717) is 4.90 Å². The maximum Gasteiger partial charge on any atom is 0.346 e. The summed E-state index contributed by atoms with van der Waals surface area (Å²) in [4.78, 5) is 23.5. The smallest absolute Gasteiger partial charge is 0.266 e. The number of aryl methyl sites for hydroxylation is 1. The van der Waals surface area contributed by atoms with Crippen molar-refractivity contribution in [2.24, 2.45) is 14.1 Å². The summed E-state index contributed by atoms with van der Waals surface area (Å²) in [5, 5.41) is 3.90. The molecule has 94 valence electrons. The standard InChI is InChI=1S/C11H10FN3O2S/c1-14-10(16)9(13-15(2)11(14)17)18-8-6-4-3-5-7(8)12/h3-6H,1-2H3. The molecule has 0 bridgehead atoms. The maximum atomic E-state index is 13.5. The van der Waals surface area contributed by atoms with Gasteiger partial charge in [-0.15, -0.1) is 0 Å². The van der Waals surface area contributed by atoms with Crippen LogP contribution in [-0.4, -0.2) is 14.3 Å². The molecule has 5 nitrogen and oxygen atoms in total. The molecule has 2 rings (SSSR count). The maximum absolute atomic E-state index is 13.5. The van der Waals surface area contributed by atoms with Gasteiger partial charge in [0.05, 0.1) is 0 Å². The van der Waals surface area contributed by atoms with Gasteiger partial charge in [0.1, 0.15) is 5.82 Å². The summed E-state index contributed by atoms with van der Waals surface area (Å²) >= 11 is 0.899. The van der Waals surface area contributed by atoms with Crippen LogP contribution in [0, 0.1) is 5.82 Å². The van der Waals surface area contributed by atoms with Gasteiger partial charge in [-0.1, -0.05) is 23.9 Å². The van der Waals surface area contributed by atoms with Crippen LogP contribution in [0.25, 0.3) is 0 Å². The molecule has 0 unspecified atom stereocenters. The van der Waals surface area contributed by atoms with Gasteiger partial charge >= 0.3 is 5.69 Å². The van der Waals surface area contributed by atoms with Gasteiger partial charge in [0.25, 0.3) is 5.56 Å². The molecular weight excluding hydrogens is 257 g/mol. The van der Waals surface area contributed by atoms with Crippen LogP contribution in [0.5, 0.6) is 0 Å². The number of hydrogen-bond donors (Lipinski definition) is 0. The highest BCUT2D eigenvalue weighted by molar-refractivity contribution is 7.99. The first-order valence-corrected chi connectivity index (χ1v) is 5.89. The molecule has 1 aromatic carbocycles. The zero-order valence-electron chi connectivity index (χ0n) is 9.75. The lowest BCUT2D eigenvalue weighted by Crippen LogP contribution is -2.39. The van der Waals surface area contributed by atoms with Crippen molar-refractivity contribution in [2.45, 2.75) is 9.92 Å². The Morgan fingerprint density at radius 1 is 1.22 bits per heavy atom. The molecule has 1 heterocycles. The molecule has 0 saturated heterocycles. The second-order valence-electron chi connectivity index (χ2n) is 3.61. The van der Waals surface area contributed by atoms with Gasteiger partial charge in [-0.05, 0) is 12.1 Å². The first-order valence-electron chi connectivity index (χ1n) is 5.07. The zero-order valence-corrected chi connectivity index (χ0v) is 10.6. The fraction of sp³-hybridized carbons (Fsp3) is 0.182. The average molecular weight is 267 g/mol. The van der Waals surface area contributed by atoms with E-state index in [4.69, 9.17) is 0 Å². The molecule has 1 aromatic heterocycles. The molecular formula is C11H10FN3O2S. The van der Waals surface area contributed by atoms with Gasteiger partial charge in [-0.25, -0.2) is 13.9 Å². The summed E-state index contributed by atoms with van der Waals surface area (Å²) in [6, 6.07) is 6.07. The van der Waals surface area contributed by atoms with Gasteiger partial charge in [-0.3, -0.25) is 9.36 Å².